The Balaban J connectivity index is 1.25. The number of aryl methyl sites for hydroxylation is 1. The highest BCUT2D eigenvalue weighted by Crippen LogP contribution is 2.42. The molecule has 2 aliphatic rings. The van der Waals surface area contributed by atoms with Crippen LogP contribution in [0.25, 0.3) is 33.6 Å². The Morgan fingerprint density at radius 3 is 2.26 bits per heavy atom. The van der Waals surface area contributed by atoms with Crippen LogP contribution in [0, 0.1) is 0 Å². The smallest absolute Gasteiger partial charge is 0.220 e. The Bertz CT molecular complexity index is 1730. The summed E-state index contributed by atoms with van der Waals surface area (Å²) >= 11 is 14.2. The topological polar surface area (TPSA) is 108 Å². The van der Waals surface area contributed by atoms with E-state index in [0.29, 0.717) is 47.7 Å². The van der Waals surface area contributed by atoms with Crippen LogP contribution in [0.2, 0.25) is 10.0 Å². The number of benzene rings is 2. The summed E-state index contributed by atoms with van der Waals surface area (Å²) < 4.78 is 5.65. The second kappa shape index (κ2) is 14.5. The molecule has 3 heterocycles. The molecule has 1 aliphatic carbocycles. The van der Waals surface area contributed by atoms with Gasteiger partial charge < -0.3 is 25.8 Å². The lowest BCUT2D eigenvalue weighted by Gasteiger charge is -2.27. The number of aliphatic hydroxyl groups is 1. The van der Waals surface area contributed by atoms with E-state index in [1.807, 2.05) is 54.6 Å². The van der Waals surface area contributed by atoms with Crippen molar-refractivity contribution in [2.75, 3.05) is 20.2 Å². The van der Waals surface area contributed by atoms with Gasteiger partial charge in [-0.05, 0) is 50.3 Å². The summed E-state index contributed by atoms with van der Waals surface area (Å²) in [5.74, 6) is 0.623. The van der Waals surface area contributed by atoms with Gasteiger partial charge in [0.25, 0.3) is 0 Å². The van der Waals surface area contributed by atoms with Crippen LogP contribution in [0.3, 0.4) is 0 Å². The summed E-state index contributed by atoms with van der Waals surface area (Å²) in [7, 11) is 1.61. The molecule has 8 nitrogen and oxygen atoms in total. The highest BCUT2D eigenvalue weighted by atomic mass is 35.5. The fourth-order valence-electron chi connectivity index (χ4n) is 6.35. The second-order valence-electron chi connectivity index (χ2n) is 12.1. The average molecular weight is 661 g/mol. The molecule has 240 valence electrons. The van der Waals surface area contributed by atoms with Gasteiger partial charge in [-0.2, -0.15) is 0 Å². The maximum Gasteiger partial charge on any atom is 0.220 e. The summed E-state index contributed by atoms with van der Waals surface area (Å²) in [6.45, 7) is 3.59. The van der Waals surface area contributed by atoms with Crippen LogP contribution in [-0.2, 0) is 17.8 Å². The van der Waals surface area contributed by atoms with Crippen LogP contribution >= 0.6 is 23.2 Å². The number of methoxy groups -OCH3 is 1. The van der Waals surface area contributed by atoms with E-state index in [0.717, 1.165) is 64.9 Å². The van der Waals surface area contributed by atoms with E-state index >= 15 is 0 Å². The minimum absolute atomic E-state index is 0.106. The molecule has 1 fully saturated rings. The first kappa shape index (κ1) is 32.4. The Morgan fingerprint density at radius 1 is 0.935 bits per heavy atom. The van der Waals surface area contributed by atoms with Gasteiger partial charge in [0.2, 0.25) is 11.8 Å². The molecule has 1 unspecified atom stereocenters. The lowest BCUT2D eigenvalue weighted by atomic mass is 9.90. The van der Waals surface area contributed by atoms with E-state index in [2.05, 4.69) is 22.0 Å². The van der Waals surface area contributed by atoms with Crippen molar-refractivity contribution in [3.63, 3.8) is 0 Å². The number of hydrogen-bond acceptors (Lipinski definition) is 7. The van der Waals surface area contributed by atoms with E-state index in [1.54, 1.807) is 14.0 Å². The van der Waals surface area contributed by atoms with Crippen LogP contribution < -0.4 is 20.7 Å². The van der Waals surface area contributed by atoms with Gasteiger partial charge in [0.1, 0.15) is 0 Å². The zero-order chi connectivity index (χ0) is 32.2. The Kier molecular flexibility index (Phi) is 10.2. The minimum Gasteiger partial charge on any atom is -0.481 e. The molecule has 2 aromatic heterocycles. The molecule has 0 saturated carbocycles. The van der Waals surface area contributed by atoms with Crippen LogP contribution in [0.5, 0.6) is 5.88 Å². The number of fused-ring (bicyclic) bond motifs is 1. The number of rotatable bonds is 11. The third kappa shape index (κ3) is 7.06. The molecule has 1 saturated heterocycles. The highest BCUT2D eigenvalue weighted by Gasteiger charge is 2.24. The lowest BCUT2D eigenvalue weighted by molar-refractivity contribution is -0.119. The van der Waals surface area contributed by atoms with Gasteiger partial charge in [0.15, 0.2) is 0 Å². The normalized spacial score (nSPS) is 18.2. The van der Waals surface area contributed by atoms with Crippen molar-refractivity contribution in [1.82, 2.24) is 25.9 Å². The maximum atomic E-state index is 11.5. The van der Waals surface area contributed by atoms with Crippen LogP contribution in [0.1, 0.15) is 55.5 Å². The summed E-state index contributed by atoms with van der Waals surface area (Å²) in [4.78, 5) is 21.3. The van der Waals surface area contributed by atoms with Gasteiger partial charge in [-0.1, -0.05) is 71.7 Å². The summed E-state index contributed by atoms with van der Waals surface area (Å²) in [6, 6.07) is 20.2. The number of nitrogens with one attached hydrogen (secondary N) is 3. The molecule has 4 N–H and O–H groups in total. The first-order valence-corrected chi connectivity index (χ1v) is 16.6. The van der Waals surface area contributed by atoms with Crippen molar-refractivity contribution in [3.05, 3.63) is 87.5 Å². The predicted molar refractivity (Wildman–Crippen MR) is 183 cm³/mol. The number of aliphatic hydroxyl groups excluding tert-OH is 1. The zero-order valence-corrected chi connectivity index (χ0v) is 27.6. The van der Waals surface area contributed by atoms with Crippen molar-refractivity contribution >= 4 is 29.1 Å². The van der Waals surface area contributed by atoms with Gasteiger partial charge in [0.05, 0.1) is 34.6 Å². The van der Waals surface area contributed by atoms with Crippen LogP contribution in [0.4, 0.5) is 0 Å². The number of nitrogens with zero attached hydrogens (tertiary/aromatic N) is 2. The first-order chi connectivity index (χ1) is 22.3. The SMILES string of the molecule is COc1nc(-c2cccc(-c3cccc(-c4ccc5c(n4)CCC[C@@H]5NCC(C)O)c3Cl)c2Cl)ccc1CNC[C@H]1CCC(=O)N1. The lowest BCUT2D eigenvalue weighted by Crippen LogP contribution is -2.35. The third-order valence-corrected chi connectivity index (χ3v) is 9.53. The fraction of sp³-hybridized carbons (Fsp3) is 0.361. The molecule has 0 radical (unpaired) electrons. The molecular weight excluding hydrogens is 621 g/mol. The molecule has 2 aromatic carbocycles. The molecule has 46 heavy (non-hydrogen) atoms. The van der Waals surface area contributed by atoms with Gasteiger partial charge in [-0.15, -0.1) is 0 Å². The quantitative estimate of drug-likeness (QED) is 0.145. The van der Waals surface area contributed by atoms with Crippen molar-refractivity contribution in [1.29, 1.82) is 0 Å². The van der Waals surface area contributed by atoms with Crippen molar-refractivity contribution in [2.24, 2.45) is 0 Å². The van der Waals surface area contributed by atoms with Gasteiger partial charge in [0, 0.05) is 71.6 Å². The van der Waals surface area contributed by atoms with Gasteiger partial charge in [-0.25, -0.2) is 4.98 Å². The van der Waals surface area contributed by atoms with E-state index in [4.69, 9.17) is 37.9 Å². The predicted octanol–water partition coefficient (Wildman–Crippen LogP) is 6.51. The third-order valence-electron chi connectivity index (χ3n) is 8.71. The van der Waals surface area contributed by atoms with Gasteiger partial charge in [-0.3, -0.25) is 9.78 Å². The van der Waals surface area contributed by atoms with Crippen molar-refractivity contribution < 1.29 is 14.6 Å². The fourth-order valence-corrected chi connectivity index (χ4v) is 7.00. The number of pyridine rings is 2. The Labute approximate surface area is 279 Å². The number of aromatic nitrogens is 2. The van der Waals surface area contributed by atoms with E-state index in [9.17, 15) is 9.90 Å². The number of carbonyl (C=O) groups excluding carboxylic acids is 1. The largest absolute Gasteiger partial charge is 0.481 e. The molecule has 0 spiro atoms. The number of hydrogen-bond donors (Lipinski definition) is 4. The molecular formula is C36H39Cl2N5O3. The monoisotopic (exact) mass is 659 g/mol. The van der Waals surface area contributed by atoms with E-state index in [1.165, 1.54) is 5.56 Å². The summed E-state index contributed by atoms with van der Waals surface area (Å²) in [6.07, 6.45) is 3.99. The molecule has 3 atom stereocenters. The van der Waals surface area contributed by atoms with Crippen LogP contribution in [0.15, 0.2) is 60.7 Å². The number of ether oxygens (including phenoxy) is 1. The second-order valence-corrected chi connectivity index (χ2v) is 12.8. The molecule has 1 aliphatic heterocycles. The molecule has 6 rings (SSSR count). The Morgan fingerprint density at radius 2 is 1.61 bits per heavy atom. The van der Waals surface area contributed by atoms with Crippen molar-refractivity contribution in [2.45, 2.75) is 63.8 Å². The number of halogens is 2. The zero-order valence-electron chi connectivity index (χ0n) is 26.1. The maximum absolute atomic E-state index is 11.5. The van der Waals surface area contributed by atoms with Crippen molar-refractivity contribution in [3.8, 4) is 39.5 Å². The average Bonchev–Trinajstić information content (AvgIpc) is 3.48. The Hall–Kier alpha value is -3.53. The molecule has 10 heteroatoms. The molecule has 4 aromatic rings. The highest BCUT2D eigenvalue weighted by molar-refractivity contribution is 6.39. The first-order valence-electron chi connectivity index (χ1n) is 15.9. The summed E-state index contributed by atoms with van der Waals surface area (Å²) in [5.41, 5.74) is 7.92. The standard InChI is InChI=1S/C36H39Cl2N5O3/c1-21(44)18-40-29-10-5-11-30-26(29)14-16-31(42-30)27-8-3-6-24(34(27)37)25-7-4-9-28(35(25)38)32-15-12-22(36(43-32)46-2)19-39-20-23-13-17-33(45)41-23/h3-4,6-9,12,14-16,21,23,29,39-40,44H,5,10-11,13,17-20H2,1-2H3,(H,41,45)/t21?,23-,29+/m1/s1. The van der Waals surface area contributed by atoms with E-state index < -0.39 is 6.10 Å². The van der Waals surface area contributed by atoms with Gasteiger partial charge >= 0.3 is 0 Å². The van der Waals surface area contributed by atoms with Crippen LogP contribution in [-0.4, -0.2) is 53.3 Å². The summed E-state index contributed by atoms with van der Waals surface area (Å²) in [5, 5.41) is 20.7. The minimum atomic E-state index is -0.400. The number of carbonyl (C=O) groups is 1. The van der Waals surface area contributed by atoms with E-state index in [-0.39, 0.29) is 18.0 Å². The molecule has 1 amide bonds. The molecule has 0 bridgehead atoms. The number of amides is 1.